The molecule has 326 valence electrons. The number of rotatable bonds is 8. The van der Waals surface area contributed by atoms with E-state index in [0.717, 1.165) is 39.2 Å². The Bertz CT molecular complexity index is 4240. The molecule has 0 aliphatic carbocycles. The molecule has 0 amide bonds. The first-order valence-electron chi connectivity index (χ1n) is 23.8. The van der Waals surface area contributed by atoms with Gasteiger partial charge in [-0.2, -0.15) is 0 Å². The molecule has 14 rings (SSSR count). The topological polar surface area (TPSA) is 30.2 Å². The van der Waals surface area contributed by atoms with Crippen molar-refractivity contribution in [3.63, 3.8) is 0 Å². The van der Waals surface area contributed by atoms with E-state index in [2.05, 4.69) is 228 Å². The van der Waals surface area contributed by atoms with Crippen LogP contribution in [0.2, 0.25) is 0 Å². The molecular formula is C66H41N3S. The van der Waals surface area contributed by atoms with Crippen LogP contribution in [0.25, 0.3) is 138 Å². The highest BCUT2D eigenvalue weighted by Gasteiger charge is 2.19. The van der Waals surface area contributed by atoms with Crippen LogP contribution in [0.15, 0.2) is 248 Å². The highest BCUT2D eigenvalue weighted by molar-refractivity contribution is 7.17. The van der Waals surface area contributed by atoms with Crippen LogP contribution < -0.4 is 0 Å². The van der Waals surface area contributed by atoms with Gasteiger partial charge in [-0.1, -0.05) is 194 Å². The molecule has 0 saturated carbocycles. The van der Waals surface area contributed by atoms with E-state index in [-0.39, 0.29) is 0 Å². The summed E-state index contributed by atoms with van der Waals surface area (Å²) in [6.07, 6.45) is 0. The first-order valence-corrected chi connectivity index (χ1v) is 24.7. The summed E-state index contributed by atoms with van der Waals surface area (Å²) in [6.45, 7) is 0. The van der Waals surface area contributed by atoms with E-state index in [1.165, 1.54) is 92.7 Å². The van der Waals surface area contributed by atoms with Crippen molar-refractivity contribution >= 4 is 59.5 Å². The van der Waals surface area contributed by atoms with Crippen LogP contribution >= 0.6 is 11.3 Å². The molecule has 0 N–H and O–H groups in total. The SMILES string of the molecule is c1ccc(-c2cc(-c3cccc(-c4cccc(-c5cccc(-c6cccc(-c7ccc8c9cccc%10c%11ccc(-c%12cccc%13ccsc%12%13)cc%11n(c8c7)c9%10)c6)c5)c4)c3)nc(-c3ccccc3)n2)cc1. The normalized spacial score (nSPS) is 11.7. The number of thiophene rings is 1. The molecule has 14 aromatic rings. The summed E-state index contributed by atoms with van der Waals surface area (Å²) >= 11 is 1.82. The Morgan fingerprint density at radius 1 is 0.300 bits per heavy atom. The quantitative estimate of drug-likeness (QED) is 0.152. The second-order valence-electron chi connectivity index (χ2n) is 18.2. The van der Waals surface area contributed by atoms with Gasteiger partial charge >= 0.3 is 0 Å². The summed E-state index contributed by atoms with van der Waals surface area (Å²) in [5.41, 5.74) is 20.5. The third-order valence-electron chi connectivity index (χ3n) is 14.0. The summed E-state index contributed by atoms with van der Waals surface area (Å²) in [7, 11) is 0. The van der Waals surface area contributed by atoms with Gasteiger partial charge in [-0.05, 0) is 115 Å². The number of benzene rings is 10. The largest absolute Gasteiger partial charge is 0.308 e. The highest BCUT2D eigenvalue weighted by Crippen LogP contribution is 2.43. The van der Waals surface area contributed by atoms with E-state index in [1.54, 1.807) is 0 Å². The first-order chi connectivity index (χ1) is 34.7. The lowest BCUT2D eigenvalue weighted by atomic mass is 9.94. The van der Waals surface area contributed by atoms with Gasteiger partial charge in [-0.3, -0.25) is 0 Å². The molecule has 4 heterocycles. The number of hydrogen-bond acceptors (Lipinski definition) is 3. The Labute approximate surface area is 409 Å². The maximum absolute atomic E-state index is 5.11. The van der Waals surface area contributed by atoms with Gasteiger partial charge in [0.25, 0.3) is 0 Å². The van der Waals surface area contributed by atoms with Crippen molar-refractivity contribution in [2.24, 2.45) is 0 Å². The van der Waals surface area contributed by atoms with E-state index >= 15 is 0 Å². The summed E-state index contributed by atoms with van der Waals surface area (Å²) < 4.78 is 3.84. The van der Waals surface area contributed by atoms with Crippen molar-refractivity contribution in [1.29, 1.82) is 0 Å². The van der Waals surface area contributed by atoms with E-state index in [0.29, 0.717) is 5.82 Å². The molecule has 0 aliphatic heterocycles. The number of fused-ring (bicyclic) bond motifs is 7. The third-order valence-corrected chi connectivity index (χ3v) is 15.0. The van der Waals surface area contributed by atoms with Crippen LogP contribution in [0, 0.1) is 0 Å². The van der Waals surface area contributed by atoms with Gasteiger partial charge in [0.1, 0.15) is 0 Å². The molecule has 4 aromatic heterocycles. The zero-order valence-electron chi connectivity index (χ0n) is 37.9. The van der Waals surface area contributed by atoms with Gasteiger partial charge in [-0.15, -0.1) is 11.3 Å². The zero-order chi connectivity index (χ0) is 46.1. The Hall–Kier alpha value is -8.96. The monoisotopic (exact) mass is 907 g/mol. The van der Waals surface area contributed by atoms with Crippen molar-refractivity contribution < 1.29 is 0 Å². The molecule has 0 atom stereocenters. The minimum atomic E-state index is 0.710. The molecule has 10 aromatic carbocycles. The number of nitrogens with zero attached hydrogens (tertiary/aromatic N) is 3. The summed E-state index contributed by atoms with van der Waals surface area (Å²) in [5.74, 6) is 0.710. The van der Waals surface area contributed by atoms with Crippen LogP contribution in [0.1, 0.15) is 0 Å². The fourth-order valence-electron chi connectivity index (χ4n) is 10.6. The van der Waals surface area contributed by atoms with Gasteiger partial charge in [-0.25, -0.2) is 9.97 Å². The van der Waals surface area contributed by atoms with Crippen LogP contribution in [-0.2, 0) is 0 Å². The molecule has 4 heteroatoms. The lowest BCUT2D eigenvalue weighted by molar-refractivity contribution is 1.18. The Morgan fingerprint density at radius 2 is 0.743 bits per heavy atom. The summed E-state index contributed by atoms with van der Waals surface area (Å²) in [6, 6.07) is 87.8. The van der Waals surface area contributed by atoms with Gasteiger partial charge < -0.3 is 4.40 Å². The molecule has 0 aliphatic rings. The van der Waals surface area contributed by atoms with Crippen molar-refractivity contribution in [2.75, 3.05) is 0 Å². The van der Waals surface area contributed by atoms with Crippen LogP contribution in [-0.4, -0.2) is 14.4 Å². The van der Waals surface area contributed by atoms with Gasteiger partial charge in [0.05, 0.1) is 27.9 Å². The van der Waals surface area contributed by atoms with Gasteiger partial charge in [0.2, 0.25) is 0 Å². The summed E-state index contributed by atoms with van der Waals surface area (Å²) in [5, 5.41) is 8.64. The second kappa shape index (κ2) is 16.4. The van der Waals surface area contributed by atoms with Crippen molar-refractivity contribution in [1.82, 2.24) is 14.4 Å². The zero-order valence-corrected chi connectivity index (χ0v) is 38.7. The van der Waals surface area contributed by atoms with Crippen LogP contribution in [0.5, 0.6) is 0 Å². The standard InChI is InChI=1S/C66H41N3S/c1-3-13-42(14-4-1)60-41-61(68-66(67-60)44-15-5-2-6-16-44)54-25-10-24-51(38-54)49-22-8-20-47(36-49)45-18-7-19-46(35-45)48-21-9-23-50(37-48)52-29-31-56-58-27-12-28-59-57-32-30-53(40-63(57)69(64(58)59)62(56)39-52)55-26-11-17-43-33-34-70-65(43)55/h1-41H. The Morgan fingerprint density at radius 3 is 1.33 bits per heavy atom. The third kappa shape index (κ3) is 6.80. The minimum Gasteiger partial charge on any atom is -0.308 e. The minimum absolute atomic E-state index is 0.710. The fourth-order valence-corrected chi connectivity index (χ4v) is 11.5. The lowest BCUT2D eigenvalue weighted by Gasteiger charge is -2.12. The maximum atomic E-state index is 5.11. The maximum Gasteiger partial charge on any atom is 0.160 e. The Balaban J connectivity index is 0.802. The smallest absolute Gasteiger partial charge is 0.160 e. The van der Waals surface area contributed by atoms with Crippen molar-refractivity contribution in [2.45, 2.75) is 0 Å². The predicted octanol–water partition coefficient (Wildman–Crippen LogP) is 18.2. The van der Waals surface area contributed by atoms with E-state index < -0.39 is 0 Å². The average Bonchev–Trinajstić information content (AvgIpc) is 4.16. The average molecular weight is 908 g/mol. The number of aromatic nitrogens is 3. The lowest BCUT2D eigenvalue weighted by Crippen LogP contribution is -1.96. The molecule has 0 unspecified atom stereocenters. The molecule has 70 heavy (non-hydrogen) atoms. The molecule has 0 bridgehead atoms. The molecule has 0 saturated heterocycles. The Kier molecular flexibility index (Phi) is 9.39. The van der Waals surface area contributed by atoms with E-state index in [4.69, 9.17) is 9.97 Å². The van der Waals surface area contributed by atoms with Crippen LogP contribution in [0.3, 0.4) is 0 Å². The first kappa shape index (κ1) is 40.1. The molecule has 3 nitrogen and oxygen atoms in total. The molecule has 0 spiro atoms. The van der Waals surface area contributed by atoms with Crippen molar-refractivity contribution in [3.05, 3.63) is 248 Å². The van der Waals surface area contributed by atoms with Gasteiger partial charge in [0, 0.05) is 42.9 Å². The van der Waals surface area contributed by atoms with Gasteiger partial charge in [0.15, 0.2) is 5.82 Å². The second-order valence-corrected chi connectivity index (χ2v) is 19.1. The number of para-hydroxylation sites is 1. The number of hydrogen-bond donors (Lipinski definition) is 0. The highest BCUT2D eigenvalue weighted by atomic mass is 32.1. The summed E-state index contributed by atoms with van der Waals surface area (Å²) in [4.78, 5) is 10.1. The predicted molar refractivity (Wildman–Crippen MR) is 296 cm³/mol. The fraction of sp³-hybridized carbons (Fsp3) is 0. The van der Waals surface area contributed by atoms with E-state index in [1.807, 2.05) is 35.6 Å². The molecular weight excluding hydrogens is 867 g/mol. The molecule has 0 fully saturated rings. The van der Waals surface area contributed by atoms with E-state index in [9.17, 15) is 0 Å². The molecule has 0 radical (unpaired) electrons. The van der Waals surface area contributed by atoms with Crippen molar-refractivity contribution in [3.8, 4) is 89.5 Å². The van der Waals surface area contributed by atoms with Crippen LogP contribution in [0.4, 0.5) is 0 Å².